The van der Waals surface area contributed by atoms with Crippen molar-refractivity contribution in [1.29, 1.82) is 0 Å². The minimum atomic E-state index is -1.77. The normalized spacial score (nSPS) is 12.3. The van der Waals surface area contributed by atoms with Gasteiger partial charge in [-0.1, -0.05) is 176 Å². The van der Waals surface area contributed by atoms with E-state index in [9.17, 15) is 46.8 Å². The van der Waals surface area contributed by atoms with E-state index in [2.05, 4.69) is 70.5 Å². The Labute approximate surface area is 726 Å². The lowest BCUT2D eigenvalue weighted by Gasteiger charge is -2.24. The van der Waals surface area contributed by atoms with Crippen molar-refractivity contribution in [2.75, 3.05) is 0 Å². The van der Waals surface area contributed by atoms with Gasteiger partial charge in [0.05, 0.1) is 46.7 Å². The van der Waals surface area contributed by atoms with Gasteiger partial charge in [0, 0.05) is 86.1 Å². The van der Waals surface area contributed by atoms with E-state index < -0.39 is 151 Å². The number of fused-ring (bicyclic) bond motifs is 6. The molecule has 17 aromatic rings. The molecule has 8 nitrogen and oxygen atoms in total. The van der Waals surface area contributed by atoms with Gasteiger partial charge >= 0.3 is 0 Å². The zero-order chi connectivity index (χ0) is 88.8. The topological polar surface area (TPSA) is 118 Å². The number of hydrogen-bond acceptors (Lipinski definition) is 8. The highest BCUT2D eigenvalue weighted by atomic mass is 79.9. The largest absolute Gasteiger partial charge is 0.507 e. The molecule has 640 valence electrons. The smallest absolute Gasteiger partial charge is 0.195 e. The molecule has 0 bridgehead atoms. The third-order valence-electron chi connectivity index (χ3n) is 21.8. The van der Waals surface area contributed by atoms with Gasteiger partial charge < -0.3 is 39.4 Å². The van der Waals surface area contributed by atoms with E-state index in [-0.39, 0.29) is 54.0 Å². The lowest BCUT2D eigenvalue weighted by atomic mass is 9.88. The summed E-state index contributed by atoms with van der Waals surface area (Å²) in [6.45, 7) is 12.9. The van der Waals surface area contributed by atoms with Crippen molar-refractivity contribution < 1.29 is 92.1 Å². The predicted octanol–water partition coefficient (Wildman–Crippen LogP) is 30.4. The highest BCUT2D eigenvalue weighted by Gasteiger charge is 2.33. The number of aromatic hydroxyl groups is 4. The zero-order valence-corrected chi connectivity index (χ0v) is 69.8. The number of rotatable bonds is 18. The summed E-state index contributed by atoms with van der Waals surface area (Å²) in [5.41, 5.74) is 1.74. The first-order chi connectivity index (χ1) is 59.8. The molecule has 17 aromatic carbocycles. The Hall–Kier alpha value is -13.7. The Morgan fingerprint density at radius 3 is 0.730 bits per heavy atom. The minimum absolute atomic E-state index is 0. The van der Waals surface area contributed by atoms with Crippen LogP contribution < -0.4 is 18.9 Å². The molecule has 0 unspecified atom stereocenters. The van der Waals surface area contributed by atoms with Crippen molar-refractivity contribution in [2.24, 2.45) is 0 Å². The fourth-order valence-electron chi connectivity index (χ4n) is 16.2. The quantitative estimate of drug-likeness (QED) is 0.0381. The predicted molar refractivity (Wildman–Crippen MR) is 479 cm³/mol. The maximum absolute atomic E-state index is 16.3. The molecule has 0 aliphatic heterocycles. The van der Waals surface area contributed by atoms with Crippen molar-refractivity contribution in [3.8, 4) is 113 Å². The van der Waals surface area contributed by atoms with Gasteiger partial charge in [-0.3, -0.25) is 0 Å². The number of phenols is 4. The lowest BCUT2D eigenvalue weighted by Crippen LogP contribution is -2.24. The summed E-state index contributed by atoms with van der Waals surface area (Å²) in [5, 5.41) is 56.7. The molecule has 0 saturated heterocycles. The van der Waals surface area contributed by atoms with Crippen LogP contribution in [0.25, 0.3) is 131 Å². The van der Waals surface area contributed by atoms with Crippen molar-refractivity contribution in [2.45, 2.75) is 100 Å². The van der Waals surface area contributed by atoms with Crippen LogP contribution in [0.2, 0.25) is 0 Å². The van der Waals surface area contributed by atoms with Crippen molar-refractivity contribution in [3.63, 3.8) is 0 Å². The molecule has 4 atom stereocenters. The molecule has 17 rings (SSSR count). The Morgan fingerprint density at radius 1 is 0.254 bits per heavy atom. The Balaban J connectivity index is 0.000000189. The van der Waals surface area contributed by atoms with Crippen molar-refractivity contribution >= 4 is 80.6 Å². The first-order valence-corrected chi connectivity index (χ1v) is 40.6. The van der Waals surface area contributed by atoms with Crippen LogP contribution in [0, 0.1) is 97.5 Å². The summed E-state index contributed by atoms with van der Waals surface area (Å²) in [6.07, 6.45) is -3.82. The van der Waals surface area contributed by atoms with Gasteiger partial charge in [0.2, 0.25) is 0 Å². The maximum Gasteiger partial charge on any atom is 0.195 e. The number of aryl methyl sites for hydroxylation is 4. The molecule has 0 spiro atoms. The third kappa shape index (κ3) is 17.5. The molecule has 0 radical (unpaired) electrons. The second-order valence-electron chi connectivity index (χ2n) is 31.1. The monoisotopic (exact) mass is 1780 g/mol. The third-order valence-corrected chi connectivity index (χ3v) is 22.7. The molecule has 0 heterocycles. The van der Waals surface area contributed by atoms with Crippen LogP contribution in [0.5, 0.6) is 46.0 Å². The van der Waals surface area contributed by atoms with E-state index >= 15 is 26.3 Å². The molecule has 0 saturated carbocycles. The number of hydrogen-bond donors (Lipinski definition) is 4. The van der Waals surface area contributed by atoms with Gasteiger partial charge in [0.25, 0.3) is 0 Å². The summed E-state index contributed by atoms with van der Waals surface area (Å²) in [5.74, 6) is -22.7. The molecule has 0 fully saturated rings. The van der Waals surface area contributed by atoms with Gasteiger partial charge in [0.1, 0.15) is 46.0 Å². The summed E-state index contributed by atoms with van der Waals surface area (Å²) in [6, 6.07) is 71.1. The average molecular weight is 1780 g/mol. The van der Waals surface area contributed by atoms with E-state index in [1.807, 2.05) is 109 Å². The van der Waals surface area contributed by atoms with Gasteiger partial charge in [-0.2, -0.15) is 0 Å². The first-order valence-electron chi connectivity index (χ1n) is 39.8. The minimum Gasteiger partial charge on any atom is -0.507 e. The van der Waals surface area contributed by atoms with Gasteiger partial charge in [-0.05, 0) is 214 Å². The van der Waals surface area contributed by atoms with Crippen molar-refractivity contribution in [3.05, 3.63) is 345 Å². The SMILES string of the molecule is Brc1c2ccccc2cc2ccccc12.C.Cc1cc(-c2c(O[C@H](C)C[C@H](C)Oc3cc(F)c(F)c(F)c3-c3cc(C)cc(-c4c5ccccc5cc5ccccc45)c3O)cc(F)c(F)c2F)c(O)c(-c2c3ccccc3cc3ccccc23)c1.Cc1ccc(O)c(-c2c(O[C@H](C)C[C@H](C)Oc3cc(F)c(F)c(F)c3-c3cc(C)ccc3O)cc(F)c(F)c2F)c1. The standard InChI is InChI=1S/C59H42F6O4.C31H26F6O4.C14H9Br.CH4/c1-30-21-42(50-38-17-9-5-13-34(38)26-35-14-6-10-18-39(35)50)58(66)44(23-30)52-48(28-46(60)54(62)56(52)64)68-32(3)25-33(4)69-49-29-47(61)55(63)57(65)53(49)45-24-31(2)22-43(59(45)67)51-40-19-11-7-15-36(40)27-37-16-8-12-20-41(37)51;1-14-5-7-22(38)18(9-14)26-24(12-20(32)28(34)30(26)36)40-16(3)11-17(4)41-25-13-21(33)29(35)31(37)27(25)19-10-15(2)6-8-23(19)39;15-14-12-7-3-1-5-10(12)9-11-6-2-4-8-13(11)14;/h5-24,26-29,32-33,66-67H,25H2,1-4H3;5-10,12-13,16-17,38-39H,11H2,1-4H3;1-9H;1H4/t32-,33+;16-,17+;;. The van der Waals surface area contributed by atoms with Gasteiger partial charge in [0.15, 0.2) is 69.8 Å². The van der Waals surface area contributed by atoms with E-state index in [4.69, 9.17) is 18.9 Å². The van der Waals surface area contributed by atoms with Gasteiger partial charge in [-0.25, -0.2) is 52.7 Å². The summed E-state index contributed by atoms with van der Waals surface area (Å²) >= 11 is 3.68. The Bertz CT molecular complexity index is 6620. The molecule has 0 aliphatic rings. The molecule has 0 amide bonds. The van der Waals surface area contributed by atoms with Crippen LogP contribution >= 0.6 is 15.9 Å². The molecule has 126 heavy (non-hydrogen) atoms. The van der Waals surface area contributed by atoms with Crippen LogP contribution in [0.4, 0.5) is 52.7 Å². The van der Waals surface area contributed by atoms with Crippen molar-refractivity contribution in [1.82, 2.24) is 0 Å². The molecule has 0 aromatic heterocycles. The number of benzene rings is 17. The number of phenolic OH excluding ortho intramolecular Hbond substituents is 4. The van der Waals surface area contributed by atoms with Crippen LogP contribution in [0.15, 0.2) is 253 Å². The molecular formula is C105H81BrF12O8. The van der Waals surface area contributed by atoms with Crippen LogP contribution in [0.3, 0.4) is 0 Å². The van der Waals surface area contributed by atoms with Crippen LogP contribution in [-0.4, -0.2) is 44.8 Å². The zero-order valence-electron chi connectivity index (χ0n) is 68.2. The number of ether oxygens (including phenoxy) is 4. The summed E-state index contributed by atoms with van der Waals surface area (Å²) in [7, 11) is 0. The Kier molecular flexibility index (Phi) is 25.8. The highest BCUT2D eigenvalue weighted by Crippen LogP contribution is 2.52. The van der Waals surface area contributed by atoms with Crippen LogP contribution in [-0.2, 0) is 0 Å². The summed E-state index contributed by atoms with van der Waals surface area (Å²) < 4.78 is 205. The fraction of sp³-hybridized carbons (Fsp3) is 0.143. The van der Waals surface area contributed by atoms with E-state index in [0.717, 1.165) is 43.1 Å². The van der Waals surface area contributed by atoms with E-state index in [1.54, 1.807) is 65.8 Å². The maximum atomic E-state index is 16.3. The first kappa shape index (κ1) is 88.6. The summed E-state index contributed by atoms with van der Waals surface area (Å²) in [4.78, 5) is 0. The number of halogens is 13. The molecule has 0 aliphatic carbocycles. The lowest BCUT2D eigenvalue weighted by molar-refractivity contribution is 0.129. The Morgan fingerprint density at radius 2 is 0.468 bits per heavy atom. The second-order valence-corrected chi connectivity index (χ2v) is 31.9. The average Bonchev–Trinajstić information content (AvgIpc) is 0.743. The highest BCUT2D eigenvalue weighted by molar-refractivity contribution is 9.10. The molecule has 4 N–H and O–H groups in total. The van der Waals surface area contributed by atoms with Crippen LogP contribution in [0.1, 0.15) is 70.2 Å². The fourth-order valence-corrected chi connectivity index (χ4v) is 17.0. The second kappa shape index (κ2) is 36.6. The van der Waals surface area contributed by atoms with Gasteiger partial charge in [-0.15, -0.1) is 0 Å². The molecular weight excluding hydrogens is 1700 g/mol. The van der Waals surface area contributed by atoms with E-state index in [0.29, 0.717) is 68.8 Å². The van der Waals surface area contributed by atoms with E-state index in [1.165, 1.54) is 76.3 Å². The molecule has 21 heteroatoms.